The van der Waals surface area contributed by atoms with Crippen LogP contribution in [-0.2, 0) is 0 Å². The predicted molar refractivity (Wildman–Crippen MR) is 65.2 cm³/mol. The molecule has 1 N–H and O–H groups in total. The minimum Gasteiger partial charge on any atom is -0.393 e. The first-order chi connectivity index (χ1) is 7.24. The van der Waals surface area contributed by atoms with Crippen molar-refractivity contribution < 1.29 is 5.11 Å². The van der Waals surface area contributed by atoms with Crippen molar-refractivity contribution in [3.8, 4) is 0 Å². The molecule has 1 fully saturated rings. The molecule has 0 aliphatic heterocycles. The molecular formula is C13H18OS. The smallest absolute Gasteiger partial charge is 0.0551 e. The fraction of sp³-hybridized carbons (Fsp3) is 0.538. The predicted octanol–water partition coefficient (Wildman–Crippen LogP) is 3.47. The zero-order valence-electron chi connectivity index (χ0n) is 9.15. The Bertz CT molecular complexity index is 306. The summed E-state index contributed by atoms with van der Waals surface area (Å²) < 4.78 is 0.344. The summed E-state index contributed by atoms with van der Waals surface area (Å²) in [5.41, 5.74) is 0. The van der Waals surface area contributed by atoms with Gasteiger partial charge in [-0.1, -0.05) is 25.1 Å². The lowest BCUT2D eigenvalue weighted by Crippen LogP contribution is -2.15. The molecule has 0 saturated heterocycles. The fourth-order valence-corrected chi connectivity index (χ4v) is 3.17. The molecule has 2 rings (SSSR count). The van der Waals surface area contributed by atoms with Crippen molar-refractivity contribution in [2.24, 2.45) is 0 Å². The van der Waals surface area contributed by atoms with E-state index in [1.807, 2.05) is 24.8 Å². The van der Waals surface area contributed by atoms with E-state index in [9.17, 15) is 5.11 Å². The quantitative estimate of drug-likeness (QED) is 0.823. The third-order valence-corrected chi connectivity index (χ3v) is 4.48. The molecule has 1 aromatic rings. The van der Waals surface area contributed by atoms with E-state index in [-0.39, 0.29) is 6.10 Å². The maximum atomic E-state index is 9.70. The van der Waals surface area contributed by atoms with Crippen molar-refractivity contribution in [1.29, 1.82) is 0 Å². The number of aliphatic hydroxyl groups excluding tert-OH is 1. The Morgan fingerprint density at radius 2 is 2.00 bits per heavy atom. The number of hydrogen-bond donors (Lipinski definition) is 1. The fourth-order valence-electron chi connectivity index (χ4n) is 1.80. The second-order valence-corrected chi connectivity index (χ2v) is 5.91. The van der Waals surface area contributed by atoms with E-state index in [2.05, 4.69) is 24.3 Å². The summed E-state index contributed by atoms with van der Waals surface area (Å²) in [4.78, 5) is 1.33. The molecule has 1 atom stereocenters. The molecule has 0 spiro atoms. The first-order valence-corrected chi connectivity index (χ1v) is 6.48. The highest BCUT2D eigenvalue weighted by Crippen LogP contribution is 2.54. The number of thioether (sulfide) groups is 1. The summed E-state index contributed by atoms with van der Waals surface area (Å²) in [7, 11) is 0. The van der Waals surface area contributed by atoms with Crippen molar-refractivity contribution in [3.63, 3.8) is 0 Å². The van der Waals surface area contributed by atoms with Crippen LogP contribution >= 0.6 is 11.8 Å². The molecule has 0 heterocycles. The van der Waals surface area contributed by atoms with E-state index in [1.54, 1.807) is 0 Å². The van der Waals surface area contributed by atoms with Gasteiger partial charge < -0.3 is 5.11 Å². The minimum atomic E-state index is -0.122. The standard InChI is InChI=1S/C13H18OS/c1-2-11(14)10-13(8-9-13)15-12-6-4-3-5-7-12/h3-7,11,14H,2,8-10H2,1H3. The number of benzene rings is 1. The Kier molecular flexibility index (Phi) is 3.37. The van der Waals surface area contributed by atoms with Gasteiger partial charge in [0.05, 0.1) is 6.10 Å². The molecule has 1 unspecified atom stereocenters. The van der Waals surface area contributed by atoms with E-state index < -0.39 is 0 Å². The monoisotopic (exact) mass is 222 g/mol. The molecule has 1 saturated carbocycles. The second-order valence-electron chi connectivity index (χ2n) is 4.36. The van der Waals surface area contributed by atoms with Gasteiger partial charge in [-0.2, -0.15) is 0 Å². The first kappa shape index (κ1) is 11.0. The van der Waals surface area contributed by atoms with Gasteiger partial charge in [-0.3, -0.25) is 0 Å². The summed E-state index contributed by atoms with van der Waals surface area (Å²) in [5.74, 6) is 0. The van der Waals surface area contributed by atoms with Crippen molar-refractivity contribution in [1.82, 2.24) is 0 Å². The van der Waals surface area contributed by atoms with Gasteiger partial charge in [0.25, 0.3) is 0 Å². The molecule has 2 heteroatoms. The van der Waals surface area contributed by atoms with Gasteiger partial charge >= 0.3 is 0 Å². The maximum Gasteiger partial charge on any atom is 0.0551 e. The van der Waals surface area contributed by atoms with Crippen molar-refractivity contribution >= 4 is 11.8 Å². The van der Waals surface area contributed by atoms with Crippen LogP contribution in [0.2, 0.25) is 0 Å². The Morgan fingerprint density at radius 3 is 2.53 bits per heavy atom. The molecular weight excluding hydrogens is 204 g/mol. The Morgan fingerprint density at radius 1 is 1.33 bits per heavy atom. The average molecular weight is 222 g/mol. The number of hydrogen-bond acceptors (Lipinski definition) is 2. The molecule has 1 aliphatic rings. The normalized spacial score (nSPS) is 19.9. The second kappa shape index (κ2) is 4.58. The van der Waals surface area contributed by atoms with Crippen LogP contribution in [0.15, 0.2) is 35.2 Å². The maximum absolute atomic E-state index is 9.70. The van der Waals surface area contributed by atoms with Crippen LogP contribution in [0, 0.1) is 0 Å². The summed E-state index contributed by atoms with van der Waals surface area (Å²) in [6.07, 6.45) is 4.21. The van der Waals surface area contributed by atoms with Gasteiger partial charge in [-0.25, -0.2) is 0 Å². The van der Waals surface area contributed by atoms with Crippen molar-refractivity contribution in [3.05, 3.63) is 30.3 Å². The topological polar surface area (TPSA) is 20.2 Å². The molecule has 0 radical (unpaired) electrons. The van der Waals surface area contributed by atoms with E-state index in [1.165, 1.54) is 17.7 Å². The molecule has 0 aromatic heterocycles. The van der Waals surface area contributed by atoms with Crippen LogP contribution in [0.25, 0.3) is 0 Å². The van der Waals surface area contributed by atoms with Gasteiger partial charge in [0, 0.05) is 9.64 Å². The lowest BCUT2D eigenvalue weighted by molar-refractivity contribution is 0.157. The highest BCUT2D eigenvalue weighted by molar-refractivity contribution is 8.01. The third kappa shape index (κ3) is 2.99. The van der Waals surface area contributed by atoms with Crippen LogP contribution < -0.4 is 0 Å². The van der Waals surface area contributed by atoms with Crippen LogP contribution in [-0.4, -0.2) is 16.0 Å². The lowest BCUT2D eigenvalue weighted by Gasteiger charge is -2.17. The molecule has 0 bridgehead atoms. The summed E-state index contributed by atoms with van der Waals surface area (Å²) in [6.45, 7) is 2.05. The zero-order valence-corrected chi connectivity index (χ0v) is 9.96. The Labute approximate surface area is 95.9 Å². The molecule has 1 aliphatic carbocycles. The largest absolute Gasteiger partial charge is 0.393 e. The average Bonchev–Trinajstić information content (AvgIpc) is 2.99. The van der Waals surface area contributed by atoms with Gasteiger partial charge in [0.1, 0.15) is 0 Å². The van der Waals surface area contributed by atoms with Crippen molar-refractivity contribution in [2.75, 3.05) is 0 Å². The molecule has 15 heavy (non-hydrogen) atoms. The van der Waals surface area contributed by atoms with E-state index >= 15 is 0 Å². The Balaban J connectivity index is 1.94. The van der Waals surface area contributed by atoms with Crippen LogP contribution in [0.1, 0.15) is 32.6 Å². The van der Waals surface area contributed by atoms with Gasteiger partial charge in [-0.15, -0.1) is 11.8 Å². The molecule has 1 aromatic carbocycles. The Hall–Kier alpha value is -0.470. The molecule has 0 amide bonds. The van der Waals surface area contributed by atoms with Crippen LogP contribution in [0.5, 0.6) is 0 Å². The highest BCUT2D eigenvalue weighted by Gasteiger charge is 2.44. The van der Waals surface area contributed by atoms with E-state index in [0.29, 0.717) is 4.75 Å². The molecule has 1 nitrogen and oxygen atoms in total. The number of rotatable bonds is 5. The first-order valence-electron chi connectivity index (χ1n) is 5.66. The summed E-state index contributed by atoms with van der Waals surface area (Å²) >= 11 is 1.94. The van der Waals surface area contributed by atoms with Gasteiger partial charge in [0.2, 0.25) is 0 Å². The minimum absolute atomic E-state index is 0.122. The highest BCUT2D eigenvalue weighted by atomic mass is 32.2. The SMILES string of the molecule is CCC(O)CC1(Sc2ccccc2)CC1. The summed E-state index contributed by atoms with van der Waals surface area (Å²) in [6, 6.07) is 10.5. The number of aliphatic hydroxyl groups is 1. The third-order valence-electron chi connectivity index (χ3n) is 2.96. The van der Waals surface area contributed by atoms with Crippen molar-refractivity contribution in [2.45, 2.75) is 48.4 Å². The zero-order chi connectivity index (χ0) is 10.7. The van der Waals surface area contributed by atoms with Crippen LogP contribution in [0.3, 0.4) is 0 Å². The van der Waals surface area contributed by atoms with E-state index in [4.69, 9.17) is 0 Å². The lowest BCUT2D eigenvalue weighted by atomic mass is 10.1. The van der Waals surface area contributed by atoms with Crippen LogP contribution in [0.4, 0.5) is 0 Å². The van der Waals surface area contributed by atoms with Gasteiger partial charge in [-0.05, 0) is 37.8 Å². The van der Waals surface area contributed by atoms with E-state index in [0.717, 1.165) is 12.8 Å². The summed E-state index contributed by atoms with van der Waals surface area (Å²) in [5, 5.41) is 9.70. The molecule has 82 valence electrons. The van der Waals surface area contributed by atoms with Gasteiger partial charge in [0.15, 0.2) is 0 Å².